The van der Waals surface area contributed by atoms with Crippen LogP contribution in [0.25, 0.3) is 0 Å². The molecular formula is C10H19NO. The van der Waals surface area contributed by atoms with E-state index >= 15 is 0 Å². The predicted molar refractivity (Wildman–Crippen MR) is 51.6 cm³/mol. The maximum atomic E-state index is 10.6. The molecule has 70 valence electrons. The molecule has 2 N–H and O–H groups in total. The van der Waals surface area contributed by atoms with Crippen molar-refractivity contribution in [2.24, 2.45) is 11.7 Å². The largest absolute Gasteiger partial charge is 0.366 e. The lowest BCUT2D eigenvalue weighted by molar-refractivity contribution is -0.114. The van der Waals surface area contributed by atoms with Gasteiger partial charge in [-0.05, 0) is 19.3 Å². The zero-order valence-electron chi connectivity index (χ0n) is 8.26. The van der Waals surface area contributed by atoms with E-state index in [1.54, 1.807) is 6.92 Å². The van der Waals surface area contributed by atoms with Gasteiger partial charge in [-0.3, -0.25) is 4.79 Å². The predicted octanol–water partition coefficient (Wildman–Crippen LogP) is 2.24. The molecule has 0 fully saturated rings. The molecule has 0 aromatic rings. The molecule has 0 heterocycles. The molecule has 0 saturated heterocycles. The van der Waals surface area contributed by atoms with Crippen LogP contribution in [0.2, 0.25) is 0 Å². The Hall–Kier alpha value is -0.790. The first-order valence-electron chi connectivity index (χ1n) is 4.54. The third-order valence-corrected chi connectivity index (χ3v) is 2.00. The highest BCUT2D eigenvalue weighted by molar-refractivity contribution is 5.91. The minimum absolute atomic E-state index is 0.307. The highest BCUT2D eigenvalue weighted by Gasteiger charge is 2.00. The molecule has 0 aliphatic rings. The molecule has 1 atom stereocenters. The van der Waals surface area contributed by atoms with E-state index in [-0.39, 0.29) is 5.91 Å². The number of carbonyl (C=O) groups excluding carboxylic acids is 1. The van der Waals surface area contributed by atoms with Crippen LogP contribution in [0, 0.1) is 5.92 Å². The van der Waals surface area contributed by atoms with Gasteiger partial charge < -0.3 is 5.73 Å². The van der Waals surface area contributed by atoms with Gasteiger partial charge in [-0.2, -0.15) is 0 Å². The first-order valence-corrected chi connectivity index (χ1v) is 4.54. The SMILES string of the molecule is CCCC(C)C/C=C(\C)C(N)=O. The number of carbonyl (C=O) groups is 1. The van der Waals surface area contributed by atoms with Crippen molar-refractivity contribution >= 4 is 5.91 Å². The second kappa shape index (κ2) is 5.81. The normalized spacial score (nSPS) is 14.4. The van der Waals surface area contributed by atoms with Gasteiger partial charge in [-0.25, -0.2) is 0 Å². The summed E-state index contributed by atoms with van der Waals surface area (Å²) in [6.45, 7) is 6.12. The fourth-order valence-corrected chi connectivity index (χ4v) is 1.09. The summed E-state index contributed by atoms with van der Waals surface area (Å²) in [5.41, 5.74) is 5.77. The summed E-state index contributed by atoms with van der Waals surface area (Å²) in [6, 6.07) is 0. The average molecular weight is 169 g/mol. The highest BCUT2D eigenvalue weighted by atomic mass is 16.1. The van der Waals surface area contributed by atoms with E-state index in [0.29, 0.717) is 11.5 Å². The fraction of sp³-hybridized carbons (Fsp3) is 0.700. The molecular weight excluding hydrogens is 150 g/mol. The minimum atomic E-state index is -0.307. The van der Waals surface area contributed by atoms with Gasteiger partial charge in [0.05, 0.1) is 0 Å². The van der Waals surface area contributed by atoms with E-state index in [1.807, 2.05) is 6.08 Å². The van der Waals surface area contributed by atoms with E-state index in [0.717, 1.165) is 6.42 Å². The lowest BCUT2D eigenvalue weighted by atomic mass is 10.0. The Morgan fingerprint density at radius 3 is 2.58 bits per heavy atom. The number of hydrogen-bond donors (Lipinski definition) is 1. The van der Waals surface area contributed by atoms with E-state index in [4.69, 9.17) is 5.73 Å². The van der Waals surface area contributed by atoms with Gasteiger partial charge in [0.25, 0.3) is 0 Å². The smallest absolute Gasteiger partial charge is 0.244 e. The summed E-state index contributed by atoms with van der Waals surface area (Å²) in [4.78, 5) is 10.6. The average Bonchev–Trinajstić information content (AvgIpc) is 2.00. The van der Waals surface area contributed by atoms with Crippen molar-refractivity contribution in [2.75, 3.05) is 0 Å². The Balaban J connectivity index is 3.79. The molecule has 2 heteroatoms. The third kappa shape index (κ3) is 4.94. The Labute approximate surface area is 74.8 Å². The summed E-state index contributed by atoms with van der Waals surface area (Å²) in [5.74, 6) is 0.350. The van der Waals surface area contributed by atoms with Crippen LogP contribution in [0.3, 0.4) is 0 Å². The first kappa shape index (κ1) is 11.2. The quantitative estimate of drug-likeness (QED) is 0.630. The molecule has 0 saturated carbocycles. The van der Waals surface area contributed by atoms with Crippen LogP contribution in [0.5, 0.6) is 0 Å². The minimum Gasteiger partial charge on any atom is -0.366 e. The van der Waals surface area contributed by atoms with E-state index in [1.165, 1.54) is 12.8 Å². The number of hydrogen-bond acceptors (Lipinski definition) is 1. The number of amides is 1. The Kier molecular flexibility index (Phi) is 5.43. The molecule has 0 rings (SSSR count). The maximum Gasteiger partial charge on any atom is 0.244 e. The highest BCUT2D eigenvalue weighted by Crippen LogP contribution is 2.11. The van der Waals surface area contributed by atoms with Gasteiger partial charge in [0.1, 0.15) is 0 Å². The van der Waals surface area contributed by atoms with Gasteiger partial charge in [0.2, 0.25) is 5.91 Å². The Morgan fingerprint density at radius 1 is 1.58 bits per heavy atom. The molecule has 0 aliphatic heterocycles. The summed E-state index contributed by atoms with van der Waals surface area (Å²) in [5, 5.41) is 0. The van der Waals surface area contributed by atoms with E-state index < -0.39 is 0 Å². The molecule has 0 spiro atoms. The van der Waals surface area contributed by atoms with Crippen LogP contribution in [0.15, 0.2) is 11.6 Å². The third-order valence-electron chi connectivity index (χ3n) is 2.00. The summed E-state index contributed by atoms with van der Waals surface area (Å²) in [6.07, 6.45) is 5.30. The molecule has 1 unspecified atom stereocenters. The summed E-state index contributed by atoms with van der Waals surface area (Å²) in [7, 11) is 0. The topological polar surface area (TPSA) is 43.1 Å². The zero-order chi connectivity index (χ0) is 9.56. The van der Waals surface area contributed by atoms with Crippen LogP contribution in [-0.4, -0.2) is 5.91 Å². The maximum absolute atomic E-state index is 10.6. The van der Waals surface area contributed by atoms with E-state index in [2.05, 4.69) is 13.8 Å². The molecule has 0 radical (unpaired) electrons. The number of allylic oxidation sites excluding steroid dienone is 1. The number of nitrogens with two attached hydrogens (primary N) is 1. The van der Waals surface area contributed by atoms with Crippen LogP contribution in [0.4, 0.5) is 0 Å². The standard InChI is InChI=1S/C10H19NO/c1-4-5-8(2)6-7-9(3)10(11)12/h7-8H,4-6H2,1-3H3,(H2,11,12)/b9-7+. The second-order valence-electron chi connectivity index (χ2n) is 3.38. The molecule has 0 bridgehead atoms. The van der Waals surface area contributed by atoms with Crippen LogP contribution >= 0.6 is 0 Å². The van der Waals surface area contributed by atoms with Crippen LogP contribution < -0.4 is 5.73 Å². The number of primary amides is 1. The van der Waals surface area contributed by atoms with Crippen molar-refractivity contribution in [1.82, 2.24) is 0 Å². The molecule has 12 heavy (non-hydrogen) atoms. The van der Waals surface area contributed by atoms with Gasteiger partial charge in [-0.15, -0.1) is 0 Å². The molecule has 0 aromatic carbocycles. The summed E-state index contributed by atoms with van der Waals surface area (Å²) >= 11 is 0. The molecule has 0 aliphatic carbocycles. The van der Waals surface area contributed by atoms with Crippen molar-refractivity contribution in [3.05, 3.63) is 11.6 Å². The van der Waals surface area contributed by atoms with Crippen LogP contribution in [-0.2, 0) is 4.79 Å². The van der Waals surface area contributed by atoms with Crippen molar-refractivity contribution in [3.63, 3.8) is 0 Å². The first-order chi connectivity index (χ1) is 5.57. The molecule has 1 amide bonds. The van der Waals surface area contributed by atoms with Crippen molar-refractivity contribution in [2.45, 2.75) is 40.0 Å². The monoisotopic (exact) mass is 169 g/mol. The Bertz CT molecular complexity index is 173. The summed E-state index contributed by atoms with van der Waals surface area (Å²) < 4.78 is 0. The van der Waals surface area contributed by atoms with Gasteiger partial charge in [-0.1, -0.05) is 32.8 Å². The fourth-order valence-electron chi connectivity index (χ4n) is 1.09. The van der Waals surface area contributed by atoms with Crippen molar-refractivity contribution in [3.8, 4) is 0 Å². The lowest BCUT2D eigenvalue weighted by Crippen LogP contribution is -2.11. The molecule has 0 aromatic heterocycles. The van der Waals surface area contributed by atoms with Gasteiger partial charge >= 0.3 is 0 Å². The number of rotatable bonds is 5. The lowest BCUT2D eigenvalue weighted by Gasteiger charge is -2.05. The Morgan fingerprint density at radius 2 is 2.17 bits per heavy atom. The zero-order valence-corrected chi connectivity index (χ0v) is 8.26. The van der Waals surface area contributed by atoms with Gasteiger partial charge in [0, 0.05) is 5.57 Å². The van der Waals surface area contributed by atoms with Crippen LogP contribution in [0.1, 0.15) is 40.0 Å². The second-order valence-corrected chi connectivity index (χ2v) is 3.38. The van der Waals surface area contributed by atoms with Crippen molar-refractivity contribution in [1.29, 1.82) is 0 Å². The van der Waals surface area contributed by atoms with E-state index in [9.17, 15) is 4.79 Å². The van der Waals surface area contributed by atoms with Crippen molar-refractivity contribution < 1.29 is 4.79 Å². The van der Waals surface area contributed by atoms with Gasteiger partial charge in [0.15, 0.2) is 0 Å². The molecule has 2 nitrogen and oxygen atoms in total.